The van der Waals surface area contributed by atoms with Gasteiger partial charge in [-0.15, -0.1) is 0 Å². The molecule has 2 amide bonds. The Morgan fingerprint density at radius 2 is 1.97 bits per heavy atom. The molecular formula is C21H19FN4O2S. The SMILES string of the molecule is CCC[C@@H]1N=C2c3ccccc3N=C(SCC(=O)Nc3ccccc3F)N2C1=O. The predicted molar refractivity (Wildman–Crippen MR) is 113 cm³/mol. The quantitative estimate of drug-likeness (QED) is 0.811. The molecule has 2 aromatic carbocycles. The van der Waals surface area contributed by atoms with Crippen LogP contribution in [0.4, 0.5) is 15.8 Å². The first-order valence-electron chi connectivity index (χ1n) is 9.35. The van der Waals surface area contributed by atoms with Gasteiger partial charge in [-0.05, 0) is 30.7 Å². The topological polar surface area (TPSA) is 74.1 Å². The lowest BCUT2D eigenvalue weighted by Crippen LogP contribution is -2.41. The van der Waals surface area contributed by atoms with Crippen molar-refractivity contribution in [2.75, 3.05) is 11.1 Å². The Balaban J connectivity index is 1.55. The van der Waals surface area contributed by atoms with Crippen molar-refractivity contribution in [1.82, 2.24) is 4.90 Å². The number of carbonyl (C=O) groups is 2. The molecule has 8 heteroatoms. The molecule has 148 valence electrons. The lowest BCUT2D eigenvalue weighted by molar-refractivity contribution is -0.124. The number of para-hydroxylation sites is 2. The van der Waals surface area contributed by atoms with Crippen LogP contribution in [0.3, 0.4) is 0 Å². The van der Waals surface area contributed by atoms with Crippen LogP contribution in [0, 0.1) is 5.82 Å². The molecule has 2 heterocycles. The normalized spacial score (nSPS) is 17.4. The van der Waals surface area contributed by atoms with Crippen LogP contribution in [-0.4, -0.2) is 39.5 Å². The van der Waals surface area contributed by atoms with Gasteiger partial charge in [0.1, 0.15) is 17.7 Å². The molecule has 0 unspecified atom stereocenters. The lowest BCUT2D eigenvalue weighted by Gasteiger charge is -2.25. The van der Waals surface area contributed by atoms with Gasteiger partial charge in [0.15, 0.2) is 5.17 Å². The van der Waals surface area contributed by atoms with Crippen molar-refractivity contribution in [1.29, 1.82) is 0 Å². The van der Waals surface area contributed by atoms with Gasteiger partial charge in [-0.2, -0.15) is 0 Å². The van der Waals surface area contributed by atoms with Crippen LogP contribution in [0.2, 0.25) is 0 Å². The Morgan fingerprint density at radius 3 is 2.76 bits per heavy atom. The van der Waals surface area contributed by atoms with Crippen LogP contribution >= 0.6 is 11.8 Å². The molecule has 2 aromatic rings. The monoisotopic (exact) mass is 410 g/mol. The Morgan fingerprint density at radius 1 is 1.21 bits per heavy atom. The summed E-state index contributed by atoms with van der Waals surface area (Å²) in [6, 6.07) is 13.0. The van der Waals surface area contributed by atoms with Crippen molar-refractivity contribution in [2.45, 2.75) is 25.8 Å². The molecule has 0 saturated carbocycles. The highest BCUT2D eigenvalue weighted by Crippen LogP contribution is 2.34. The number of carbonyl (C=O) groups excluding carboxylic acids is 2. The number of anilines is 1. The fourth-order valence-corrected chi connectivity index (χ4v) is 4.04. The van der Waals surface area contributed by atoms with E-state index in [1.165, 1.54) is 17.0 Å². The fourth-order valence-electron chi connectivity index (χ4n) is 3.24. The van der Waals surface area contributed by atoms with E-state index >= 15 is 0 Å². The first kappa shape index (κ1) is 19.3. The van der Waals surface area contributed by atoms with E-state index in [2.05, 4.69) is 15.3 Å². The second kappa shape index (κ2) is 8.16. The molecule has 1 atom stereocenters. The summed E-state index contributed by atoms with van der Waals surface area (Å²) in [5.41, 5.74) is 1.64. The molecule has 1 N–H and O–H groups in total. The molecule has 2 aliphatic rings. The van der Waals surface area contributed by atoms with Gasteiger partial charge in [0, 0.05) is 5.56 Å². The average molecular weight is 410 g/mol. The summed E-state index contributed by atoms with van der Waals surface area (Å²) in [4.78, 5) is 35.9. The van der Waals surface area contributed by atoms with Gasteiger partial charge >= 0.3 is 0 Å². The summed E-state index contributed by atoms with van der Waals surface area (Å²) in [5.74, 6) is -0.434. The Kier molecular flexibility index (Phi) is 5.44. The number of amidine groups is 2. The highest BCUT2D eigenvalue weighted by atomic mass is 32.2. The fraction of sp³-hybridized carbons (Fsp3) is 0.238. The maximum absolute atomic E-state index is 13.7. The standard InChI is InChI=1S/C21H19FN4O2S/c1-2-7-17-20(28)26-19(24-17)13-8-3-5-10-15(13)25-21(26)29-12-18(27)23-16-11-6-4-9-14(16)22/h3-6,8-11,17H,2,7,12H2,1H3,(H,23,27)/t17-/m0/s1. The molecule has 0 aliphatic carbocycles. The molecule has 0 spiro atoms. The largest absolute Gasteiger partial charge is 0.323 e. The molecule has 0 fully saturated rings. The van der Waals surface area contributed by atoms with Crippen LogP contribution in [0.5, 0.6) is 0 Å². The number of thioether (sulfide) groups is 1. The highest BCUT2D eigenvalue weighted by Gasteiger charge is 2.40. The molecule has 4 rings (SSSR count). The second-order valence-corrected chi connectivity index (χ2v) is 7.60. The van der Waals surface area contributed by atoms with Gasteiger partial charge in [-0.1, -0.05) is 49.4 Å². The molecule has 6 nitrogen and oxygen atoms in total. The first-order valence-corrected chi connectivity index (χ1v) is 10.3. The van der Waals surface area contributed by atoms with Gasteiger partial charge in [0.25, 0.3) is 5.91 Å². The van der Waals surface area contributed by atoms with Crippen LogP contribution in [0.25, 0.3) is 0 Å². The predicted octanol–water partition coefficient (Wildman–Crippen LogP) is 3.96. The minimum atomic E-state index is -0.499. The van der Waals surface area contributed by atoms with Gasteiger partial charge in [0.05, 0.1) is 17.1 Å². The molecule has 0 saturated heterocycles. The van der Waals surface area contributed by atoms with Crippen LogP contribution in [-0.2, 0) is 9.59 Å². The summed E-state index contributed by atoms with van der Waals surface area (Å²) in [6.07, 6.45) is 1.50. The number of hydrogen-bond acceptors (Lipinski definition) is 5. The van der Waals surface area contributed by atoms with Crippen molar-refractivity contribution in [3.8, 4) is 0 Å². The number of nitrogens with one attached hydrogen (secondary N) is 1. The molecule has 29 heavy (non-hydrogen) atoms. The van der Waals surface area contributed by atoms with Crippen molar-refractivity contribution in [2.24, 2.45) is 9.98 Å². The summed E-state index contributed by atoms with van der Waals surface area (Å²) < 4.78 is 13.7. The maximum Gasteiger partial charge on any atom is 0.259 e. The zero-order valence-corrected chi connectivity index (χ0v) is 16.6. The second-order valence-electron chi connectivity index (χ2n) is 6.66. The van der Waals surface area contributed by atoms with E-state index in [-0.39, 0.29) is 23.3 Å². The van der Waals surface area contributed by atoms with Gasteiger partial charge in [-0.25, -0.2) is 14.3 Å². The summed E-state index contributed by atoms with van der Waals surface area (Å²) in [6.45, 7) is 2.01. The molecule has 0 radical (unpaired) electrons. The number of amides is 2. The number of nitrogens with zero attached hydrogens (tertiary/aromatic N) is 3. The summed E-state index contributed by atoms with van der Waals surface area (Å²) >= 11 is 1.13. The minimum absolute atomic E-state index is 0.00909. The van der Waals surface area contributed by atoms with E-state index in [1.807, 2.05) is 31.2 Å². The number of benzene rings is 2. The van der Waals surface area contributed by atoms with Crippen LogP contribution in [0.15, 0.2) is 58.5 Å². The molecule has 0 bridgehead atoms. The molecule has 2 aliphatic heterocycles. The van der Waals surface area contributed by atoms with E-state index in [0.717, 1.165) is 23.7 Å². The van der Waals surface area contributed by atoms with E-state index in [0.29, 0.717) is 23.1 Å². The highest BCUT2D eigenvalue weighted by molar-refractivity contribution is 8.14. The zero-order chi connectivity index (χ0) is 20.4. The van der Waals surface area contributed by atoms with Crippen molar-refractivity contribution in [3.05, 3.63) is 59.9 Å². The van der Waals surface area contributed by atoms with Gasteiger partial charge in [-0.3, -0.25) is 14.6 Å². The maximum atomic E-state index is 13.7. The third-order valence-electron chi connectivity index (χ3n) is 4.59. The Bertz CT molecular complexity index is 1040. The number of hydrogen-bond donors (Lipinski definition) is 1. The third kappa shape index (κ3) is 3.80. The van der Waals surface area contributed by atoms with Crippen molar-refractivity contribution in [3.63, 3.8) is 0 Å². The first-order chi connectivity index (χ1) is 14.1. The van der Waals surface area contributed by atoms with Crippen molar-refractivity contribution < 1.29 is 14.0 Å². The molecular weight excluding hydrogens is 391 g/mol. The third-order valence-corrected chi connectivity index (χ3v) is 5.53. The van der Waals surface area contributed by atoms with E-state index in [4.69, 9.17) is 0 Å². The van der Waals surface area contributed by atoms with Crippen molar-refractivity contribution >= 4 is 46.0 Å². The van der Waals surface area contributed by atoms with Gasteiger partial charge < -0.3 is 5.32 Å². The minimum Gasteiger partial charge on any atom is -0.323 e. The van der Waals surface area contributed by atoms with E-state index in [9.17, 15) is 14.0 Å². The average Bonchev–Trinajstić information content (AvgIpc) is 3.05. The van der Waals surface area contributed by atoms with E-state index < -0.39 is 11.9 Å². The molecule has 0 aromatic heterocycles. The van der Waals surface area contributed by atoms with Crippen LogP contribution in [0.1, 0.15) is 25.3 Å². The lowest BCUT2D eigenvalue weighted by atomic mass is 10.1. The Labute approximate surface area is 171 Å². The zero-order valence-electron chi connectivity index (χ0n) is 15.8. The number of rotatable bonds is 5. The number of fused-ring (bicyclic) bond motifs is 3. The number of aliphatic imine (C=N–C) groups is 2. The van der Waals surface area contributed by atoms with Gasteiger partial charge in [0.2, 0.25) is 5.91 Å². The Hall–Kier alpha value is -3.00. The summed E-state index contributed by atoms with van der Waals surface area (Å²) in [7, 11) is 0. The smallest absolute Gasteiger partial charge is 0.259 e. The summed E-state index contributed by atoms with van der Waals surface area (Å²) in [5, 5.41) is 2.96. The number of halogens is 1. The van der Waals surface area contributed by atoms with E-state index in [1.54, 1.807) is 12.1 Å². The van der Waals surface area contributed by atoms with Crippen LogP contribution < -0.4 is 5.32 Å².